The minimum atomic E-state index is -0.562. The Morgan fingerprint density at radius 3 is 1.69 bits per heavy atom. The first-order valence-corrected chi connectivity index (χ1v) is 23.1. The fourth-order valence-electron chi connectivity index (χ4n) is 11.0. The van der Waals surface area contributed by atoms with Gasteiger partial charge in [-0.1, -0.05) is 212 Å². The third kappa shape index (κ3) is 6.26. The summed E-state index contributed by atoms with van der Waals surface area (Å²) in [5.41, 5.74) is 18.9. The third-order valence-corrected chi connectivity index (χ3v) is 13.9. The molecule has 67 heavy (non-hydrogen) atoms. The van der Waals surface area contributed by atoms with Crippen molar-refractivity contribution in [3.05, 3.63) is 283 Å². The van der Waals surface area contributed by atoms with Gasteiger partial charge in [-0.3, -0.25) is 0 Å². The second kappa shape index (κ2) is 15.8. The van der Waals surface area contributed by atoms with Crippen LogP contribution in [0.2, 0.25) is 0 Å². The molecule has 12 aromatic rings. The quantitative estimate of drug-likeness (QED) is 0.151. The van der Waals surface area contributed by atoms with Gasteiger partial charge in [-0.05, 0) is 121 Å². The molecule has 0 bridgehead atoms. The molecule has 0 radical (unpaired) electrons. The maximum absolute atomic E-state index is 6.28. The predicted octanol–water partition coefficient (Wildman–Crippen LogP) is 17.6. The van der Waals surface area contributed by atoms with E-state index in [0.717, 1.165) is 66.8 Å². The summed E-state index contributed by atoms with van der Waals surface area (Å²) in [6.07, 6.45) is 0. The van der Waals surface area contributed by atoms with Crippen LogP contribution in [0.15, 0.2) is 265 Å². The highest BCUT2D eigenvalue weighted by atomic mass is 16.3. The van der Waals surface area contributed by atoms with Crippen LogP contribution in [0.1, 0.15) is 22.3 Å². The molecule has 314 valence electrons. The van der Waals surface area contributed by atoms with E-state index in [4.69, 9.17) is 4.42 Å². The van der Waals surface area contributed by atoms with Crippen LogP contribution >= 0.6 is 0 Å². The van der Waals surface area contributed by atoms with Crippen LogP contribution in [0, 0.1) is 0 Å². The summed E-state index contributed by atoms with van der Waals surface area (Å²) in [6.45, 7) is 0. The van der Waals surface area contributed by atoms with Crippen molar-refractivity contribution in [1.82, 2.24) is 0 Å². The SMILES string of the molecule is c1ccc(-c2ccc(-c3cccc4ccccc34)cc2N(c2cccc(-c3ccc4oc5ccccc5c4c3)c2)c2ccc3c(c2)C(c2ccccc2)(c2ccccc2)c2ccccc2-3)cc1. The van der Waals surface area contributed by atoms with Gasteiger partial charge < -0.3 is 9.32 Å². The van der Waals surface area contributed by atoms with Gasteiger partial charge in [0.2, 0.25) is 0 Å². The van der Waals surface area contributed by atoms with Gasteiger partial charge in [-0.25, -0.2) is 0 Å². The first-order valence-electron chi connectivity index (χ1n) is 23.1. The van der Waals surface area contributed by atoms with Crippen LogP contribution in [0.4, 0.5) is 17.1 Å². The fourth-order valence-corrected chi connectivity index (χ4v) is 11.0. The van der Waals surface area contributed by atoms with Crippen molar-refractivity contribution in [2.45, 2.75) is 5.41 Å². The van der Waals surface area contributed by atoms with Gasteiger partial charge in [-0.15, -0.1) is 0 Å². The molecule has 13 rings (SSSR count). The van der Waals surface area contributed by atoms with E-state index in [1.165, 1.54) is 49.7 Å². The molecule has 2 heteroatoms. The second-order valence-electron chi connectivity index (χ2n) is 17.6. The fraction of sp³-hybridized carbons (Fsp3) is 0.0154. The lowest BCUT2D eigenvalue weighted by atomic mass is 9.67. The lowest BCUT2D eigenvalue weighted by Gasteiger charge is -2.35. The molecule has 0 aliphatic heterocycles. The molecule has 11 aromatic carbocycles. The maximum Gasteiger partial charge on any atom is 0.135 e. The number of furan rings is 1. The number of nitrogens with zero attached hydrogens (tertiary/aromatic N) is 1. The molecule has 0 saturated heterocycles. The molecule has 1 heterocycles. The second-order valence-corrected chi connectivity index (χ2v) is 17.6. The molecule has 0 fully saturated rings. The van der Waals surface area contributed by atoms with Crippen LogP contribution in [-0.4, -0.2) is 0 Å². The topological polar surface area (TPSA) is 16.4 Å². The molecule has 1 aliphatic carbocycles. The van der Waals surface area contributed by atoms with Crippen molar-refractivity contribution in [2.75, 3.05) is 4.90 Å². The highest BCUT2D eigenvalue weighted by Gasteiger charge is 2.46. The Labute approximate surface area is 390 Å². The van der Waals surface area contributed by atoms with Gasteiger partial charge in [0.25, 0.3) is 0 Å². The number of fused-ring (bicyclic) bond motifs is 7. The van der Waals surface area contributed by atoms with E-state index < -0.39 is 5.41 Å². The normalized spacial score (nSPS) is 12.6. The van der Waals surface area contributed by atoms with Crippen molar-refractivity contribution < 1.29 is 4.42 Å². The van der Waals surface area contributed by atoms with Crippen molar-refractivity contribution in [3.8, 4) is 44.5 Å². The Morgan fingerprint density at radius 2 is 0.866 bits per heavy atom. The highest BCUT2D eigenvalue weighted by molar-refractivity contribution is 6.06. The average Bonchev–Trinajstić information content (AvgIpc) is 3.93. The van der Waals surface area contributed by atoms with Gasteiger partial charge >= 0.3 is 0 Å². The number of hydrogen-bond acceptors (Lipinski definition) is 2. The summed E-state index contributed by atoms with van der Waals surface area (Å²) in [4.78, 5) is 2.50. The smallest absolute Gasteiger partial charge is 0.135 e. The van der Waals surface area contributed by atoms with Crippen LogP contribution in [0.25, 0.3) is 77.2 Å². The standard InChI is InChI=1S/C65H43NO/c1-4-18-45(19-5-1)55-37-34-48(54-31-17-21-44-20-10-11-28-53(44)54)42-62(55)66(51-27-16-22-46(40-51)47-35-39-64-59(41-47)58-30-13-15-33-63(58)67-64)52-36-38-57-56-29-12-14-32-60(56)65(61(57)43-52,49-23-6-2-7-24-49)50-25-8-3-9-26-50/h1-43H. The average molecular weight is 854 g/mol. The molecule has 0 N–H and O–H groups in total. The number of para-hydroxylation sites is 1. The molecule has 1 aromatic heterocycles. The van der Waals surface area contributed by atoms with E-state index in [9.17, 15) is 0 Å². The molecule has 0 spiro atoms. The molecular weight excluding hydrogens is 811 g/mol. The Bertz CT molecular complexity index is 3770. The monoisotopic (exact) mass is 853 g/mol. The number of hydrogen-bond donors (Lipinski definition) is 0. The summed E-state index contributed by atoms with van der Waals surface area (Å²) < 4.78 is 6.28. The minimum Gasteiger partial charge on any atom is -0.456 e. The molecule has 0 amide bonds. The summed E-state index contributed by atoms with van der Waals surface area (Å²) in [5.74, 6) is 0. The van der Waals surface area contributed by atoms with E-state index in [1.807, 2.05) is 12.1 Å². The van der Waals surface area contributed by atoms with Crippen LogP contribution in [0.5, 0.6) is 0 Å². The lowest BCUT2D eigenvalue weighted by Crippen LogP contribution is -2.28. The number of anilines is 3. The Hall–Kier alpha value is -8.72. The third-order valence-electron chi connectivity index (χ3n) is 13.9. The van der Waals surface area contributed by atoms with Gasteiger partial charge in [0.15, 0.2) is 0 Å². The maximum atomic E-state index is 6.28. The van der Waals surface area contributed by atoms with Crippen LogP contribution < -0.4 is 4.90 Å². The van der Waals surface area contributed by atoms with Crippen molar-refractivity contribution in [1.29, 1.82) is 0 Å². The predicted molar refractivity (Wildman–Crippen MR) is 280 cm³/mol. The van der Waals surface area contributed by atoms with E-state index >= 15 is 0 Å². The Balaban J connectivity index is 1.09. The van der Waals surface area contributed by atoms with E-state index in [0.29, 0.717) is 0 Å². The zero-order valence-electron chi connectivity index (χ0n) is 36.7. The zero-order chi connectivity index (χ0) is 44.3. The van der Waals surface area contributed by atoms with Crippen LogP contribution in [-0.2, 0) is 5.41 Å². The minimum absolute atomic E-state index is 0.562. The van der Waals surface area contributed by atoms with Crippen molar-refractivity contribution in [3.63, 3.8) is 0 Å². The van der Waals surface area contributed by atoms with Gasteiger partial charge in [0.05, 0.1) is 11.1 Å². The molecular formula is C65H43NO. The first-order chi connectivity index (χ1) is 33.2. The summed E-state index contributed by atoms with van der Waals surface area (Å²) >= 11 is 0. The van der Waals surface area contributed by atoms with Crippen LogP contribution in [0.3, 0.4) is 0 Å². The molecule has 0 atom stereocenters. The lowest BCUT2D eigenvalue weighted by molar-refractivity contribution is 0.669. The van der Waals surface area contributed by atoms with Gasteiger partial charge in [0.1, 0.15) is 11.2 Å². The van der Waals surface area contributed by atoms with E-state index in [2.05, 4.69) is 254 Å². The van der Waals surface area contributed by atoms with Crippen molar-refractivity contribution in [2.24, 2.45) is 0 Å². The van der Waals surface area contributed by atoms with Crippen molar-refractivity contribution >= 4 is 49.8 Å². The Morgan fingerprint density at radius 1 is 0.299 bits per heavy atom. The highest BCUT2D eigenvalue weighted by Crippen LogP contribution is 2.57. The Kier molecular flexibility index (Phi) is 9.11. The first kappa shape index (κ1) is 38.7. The summed E-state index contributed by atoms with van der Waals surface area (Å²) in [5, 5.41) is 4.68. The summed E-state index contributed by atoms with van der Waals surface area (Å²) in [7, 11) is 0. The van der Waals surface area contributed by atoms with E-state index in [1.54, 1.807) is 0 Å². The molecule has 2 nitrogen and oxygen atoms in total. The molecule has 0 saturated carbocycles. The van der Waals surface area contributed by atoms with Gasteiger partial charge in [0, 0.05) is 27.7 Å². The number of benzene rings is 11. The van der Waals surface area contributed by atoms with E-state index in [-0.39, 0.29) is 0 Å². The zero-order valence-corrected chi connectivity index (χ0v) is 36.7. The van der Waals surface area contributed by atoms with Gasteiger partial charge in [-0.2, -0.15) is 0 Å². The largest absolute Gasteiger partial charge is 0.456 e. The summed E-state index contributed by atoms with van der Waals surface area (Å²) in [6, 6.07) is 95.4. The molecule has 0 unspecified atom stereocenters. The molecule has 1 aliphatic rings. The number of rotatable bonds is 8.